The Balaban J connectivity index is 1.71. The maximum Gasteiger partial charge on any atom is 0.416 e. The molecule has 0 saturated carbocycles. The van der Waals surface area contributed by atoms with Gasteiger partial charge in [0.15, 0.2) is 0 Å². The van der Waals surface area contributed by atoms with Gasteiger partial charge in [0.25, 0.3) is 11.8 Å². The minimum Gasteiger partial charge on any atom is -0.350 e. The van der Waals surface area contributed by atoms with Crippen LogP contribution in [0.3, 0.4) is 0 Å². The van der Waals surface area contributed by atoms with E-state index in [9.17, 15) is 22.8 Å². The molecule has 154 valence electrons. The van der Waals surface area contributed by atoms with E-state index in [0.717, 1.165) is 12.1 Å². The number of rotatable bonds is 6. The molecule has 0 radical (unpaired) electrons. The highest BCUT2D eigenvalue weighted by Gasteiger charge is 2.30. The molecule has 0 aliphatic heterocycles. The predicted octanol–water partition coefficient (Wildman–Crippen LogP) is 4.78. The number of carbonyl (C=O) groups excluding carboxylic acids is 2. The molecular weight excluding hydrogens is 393 g/mol. The first-order valence-electron chi connectivity index (χ1n) is 9.23. The van der Waals surface area contributed by atoms with Crippen LogP contribution in [0.15, 0.2) is 84.9 Å². The molecule has 0 atom stereocenters. The third-order valence-electron chi connectivity index (χ3n) is 4.41. The molecular formula is C23H19F3N2O2. The molecule has 4 nitrogen and oxygen atoms in total. The fourth-order valence-electron chi connectivity index (χ4n) is 2.91. The van der Waals surface area contributed by atoms with Crippen LogP contribution in [0, 0.1) is 0 Å². The Labute approximate surface area is 171 Å². The number of amides is 2. The molecule has 0 aliphatic rings. The number of para-hydroxylation sites is 1. The van der Waals surface area contributed by atoms with Crippen LogP contribution < -0.4 is 10.2 Å². The van der Waals surface area contributed by atoms with Crippen LogP contribution in [0.1, 0.15) is 26.3 Å². The summed E-state index contributed by atoms with van der Waals surface area (Å²) < 4.78 is 38.6. The summed E-state index contributed by atoms with van der Waals surface area (Å²) in [4.78, 5) is 26.7. The van der Waals surface area contributed by atoms with Crippen LogP contribution in [0.2, 0.25) is 0 Å². The van der Waals surface area contributed by atoms with E-state index >= 15 is 0 Å². The highest BCUT2D eigenvalue weighted by atomic mass is 19.4. The van der Waals surface area contributed by atoms with Gasteiger partial charge in [-0.05, 0) is 42.5 Å². The monoisotopic (exact) mass is 412 g/mol. The first-order chi connectivity index (χ1) is 14.4. The van der Waals surface area contributed by atoms with Crippen molar-refractivity contribution >= 4 is 17.5 Å². The number of carbonyl (C=O) groups is 2. The lowest BCUT2D eigenvalue weighted by atomic mass is 10.1. The third-order valence-corrected chi connectivity index (χ3v) is 4.41. The molecule has 1 N–H and O–H groups in total. The first-order valence-corrected chi connectivity index (χ1v) is 9.23. The van der Waals surface area contributed by atoms with Gasteiger partial charge < -0.3 is 10.2 Å². The average molecular weight is 412 g/mol. The second-order valence-corrected chi connectivity index (χ2v) is 6.49. The Bertz CT molecular complexity index is 1010. The maximum atomic E-state index is 12.9. The highest BCUT2D eigenvalue weighted by molar-refractivity contribution is 6.06. The highest BCUT2D eigenvalue weighted by Crippen LogP contribution is 2.29. The van der Waals surface area contributed by atoms with Crippen LogP contribution >= 0.6 is 0 Å². The van der Waals surface area contributed by atoms with Gasteiger partial charge in [0.1, 0.15) is 0 Å². The molecule has 0 saturated heterocycles. The predicted molar refractivity (Wildman–Crippen MR) is 108 cm³/mol. The first kappa shape index (κ1) is 21.1. The summed E-state index contributed by atoms with van der Waals surface area (Å²) in [5.74, 6) is -0.878. The standard InChI is InChI=1S/C23H19F3N2O2/c24-23(25,26)19-11-7-10-18(16-19)21(29)27-14-15-28(20-12-5-2-6-13-20)22(30)17-8-3-1-4-9-17/h1-13,16H,14-15H2,(H,27,29). The average Bonchev–Trinajstić information content (AvgIpc) is 2.77. The van der Waals surface area contributed by atoms with Crippen molar-refractivity contribution in [2.75, 3.05) is 18.0 Å². The van der Waals surface area contributed by atoms with E-state index < -0.39 is 17.6 Å². The molecule has 0 bridgehead atoms. The largest absolute Gasteiger partial charge is 0.416 e. The number of alkyl halides is 3. The van der Waals surface area contributed by atoms with Crippen molar-refractivity contribution in [2.45, 2.75) is 6.18 Å². The van der Waals surface area contributed by atoms with Crippen LogP contribution in [0.4, 0.5) is 18.9 Å². The summed E-state index contributed by atoms with van der Waals surface area (Å²) >= 11 is 0. The van der Waals surface area contributed by atoms with Gasteiger partial charge in [-0.15, -0.1) is 0 Å². The van der Waals surface area contributed by atoms with E-state index in [2.05, 4.69) is 5.32 Å². The summed E-state index contributed by atoms with van der Waals surface area (Å²) in [7, 11) is 0. The van der Waals surface area contributed by atoms with E-state index in [1.54, 1.807) is 54.6 Å². The fraction of sp³-hybridized carbons (Fsp3) is 0.130. The smallest absolute Gasteiger partial charge is 0.350 e. The lowest BCUT2D eigenvalue weighted by molar-refractivity contribution is -0.137. The van der Waals surface area contributed by atoms with Gasteiger partial charge >= 0.3 is 6.18 Å². The lowest BCUT2D eigenvalue weighted by Gasteiger charge is -2.23. The molecule has 0 unspecified atom stereocenters. The number of anilines is 1. The van der Waals surface area contributed by atoms with Crippen LogP contribution in [-0.4, -0.2) is 24.9 Å². The second-order valence-electron chi connectivity index (χ2n) is 6.49. The fourth-order valence-corrected chi connectivity index (χ4v) is 2.91. The Kier molecular flexibility index (Phi) is 6.51. The number of hydrogen-bond acceptors (Lipinski definition) is 2. The van der Waals surface area contributed by atoms with Crippen molar-refractivity contribution in [2.24, 2.45) is 0 Å². The van der Waals surface area contributed by atoms with E-state index in [1.165, 1.54) is 17.0 Å². The summed E-state index contributed by atoms with van der Waals surface area (Å²) in [5.41, 5.74) is 0.163. The minimum absolute atomic E-state index is 0.0720. The Hall–Kier alpha value is -3.61. The van der Waals surface area contributed by atoms with Gasteiger partial charge in [0.05, 0.1) is 5.56 Å². The van der Waals surface area contributed by atoms with Gasteiger partial charge in [-0.3, -0.25) is 9.59 Å². The quantitative estimate of drug-likeness (QED) is 0.633. The molecule has 0 aliphatic carbocycles. The molecule has 0 heterocycles. The zero-order chi connectivity index (χ0) is 21.6. The van der Waals surface area contributed by atoms with Gasteiger partial charge in [0, 0.05) is 29.9 Å². The number of benzene rings is 3. The minimum atomic E-state index is -4.53. The zero-order valence-electron chi connectivity index (χ0n) is 15.9. The Morgan fingerprint density at radius 1 is 0.800 bits per heavy atom. The molecule has 30 heavy (non-hydrogen) atoms. The molecule has 0 aromatic heterocycles. The van der Waals surface area contributed by atoms with Gasteiger partial charge in [-0.25, -0.2) is 0 Å². The van der Waals surface area contributed by atoms with E-state index in [-0.39, 0.29) is 24.6 Å². The molecule has 0 fully saturated rings. The normalized spacial score (nSPS) is 11.0. The molecule has 3 rings (SSSR count). The molecule has 3 aromatic rings. The van der Waals surface area contributed by atoms with Crippen molar-refractivity contribution in [3.8, 4) is 0 Å². The van der Waals surface area contributed by atoms with Crippen LogP contribution in [0.25, 0.3) is 0 Å². The second kappa shape index (κ2) is 9.26. The van der Waals surface area contributed by atoms with Crippen LogP contribution in [0.5, 0.6) is 0 Å². The third kappa shape index (κ3) is 5.26. The number of hydrogen-bond donors (Lipinski definition) is 1. The van der Waals surface area contributed by atoms with E-state index in [4.69, 9.17) is 0 Å². The summed E-state index contributed by atoms with van der Waals surface area (Å²) in [6.07, 6.45) is -4.53. The lowest BCUT2D eigenvalue weighted by Crippen LogP contribution is -2.38. The topological polar surface area (TPSA) is 49.4 Å². The number of nitrogens with one attached hydrogen (secondary N) is 1. The Morgan fingerprint density at radius 2 is 1.40 bits per heavy atom. The summed E-state index contributed by atoms with van der Waals surface area (Å²) in [6.45, 7) is 0.227. The van der Waals surface area contributed by atoms with Gasteiger partial charge in [-0.2, -0.15) is 13.2 Å². The van der Waals surface area contributed by atoms with Crippen molar-refractivity contribution in [1.82, 2.24) is 5.32 Å². The van der Waals surface area contributed by atoms with Crippen molar-refractivity contribution < 1.29 is 22.8 Å². The number of halogens is 3. The van der Waals surface area contributed by atoms with Crippen LogP contribution in [-0.2, 0) is 6.18 Å². The molecule has 3 aromatic carbocycles. The van der Waals surface area contributed by atoms with Crippen molar-refractivity contribution in [3.63, 3.8) is 0 Å². The molecule has 0 spiro atoms. The summed E-state index contributed by atoms with van der Waals surface area (Å²) in [5, 5.41) is 2.58. The van der Waals surface area contributed by atoms with E-state index in [1.807, 2.05) is 6.07 Å². The van der Waals surface area contributed by atoms with E-state index in [0.29, 0.717) is 11.3 Å². The SMILES string of the molecule is O=C(NCCN(C(=O)c1ccccc1)c1ccccc1)c1cccc(C(F)(F)F)c1. The Morgan fingerprint density at radius 3 is 2.03 bits per heavy atom. The maximum absolute atomic E-state index is 12.9. The van der Waals surface area contributed by atoms with Crippen molar-refractivity contribution in [3.05, 3.63) is 102 Å². The van der Waals surface area contributed by atoms with Gasteiger partial charge in [-0.1, -0.05) is 42.5 Å². The zero-order valence-corrected chi connectivity index (χ0v) is 15.9. The number of nitrogens with zero attached hydrogens (tertiary/aromatic N) is 1. The molecule has 7 heteroatoms. The van der Waals surface area contributed by atoms with Crippen molar-refractivity contribution in [1.29, 1.82) is 0 Å². The molecule has 2 amide bonds. The summed E-state index contributed by atoms with van der Waals surface area (Å²) in [6, 6.07) is 21.9. The van der Waals surface area contributed by atoms with Gasteiger partial charge in [0.2, 0.25) is 0 Å².